The number of carbonyl (C=O) groups excluding carboxylic acids is 2. The Morgan fingerprint density at radius 1 is 1.35 bits per heavy atom. The van der Waals surface area contributed by atoms with Gasteiger partial charge in [-0.3, -0.25) is 10.1 Å². The number of nitrogens with zero attached hydrogens (tertiary/aromatic N) is 3. The number of rotatable bonds is 6. The van der Waals surface area contributed by atoms with Gasteiger partial charge in [-0.15, -0.1) is 5.10 Å². The summed E-state index contributed by atoms with van der Waals surface area (Å²) in [4.78, 5) is 24.0. The van der Waals surface area contributed by atoms with Gasteiger partial charge in [0, 0.05) is 11.6 Å². The van der Waals surface area contributed by atoms with Gasteiger partial charge in [-0.1, -0.05) is 29.8 Å². The smallest absolute Gasteiger partial charge is 0.412 e. The Balaban J connectivity index is 1.77. The summed E-state index contributed by atoms with van der Waals surface area (Å²) in [6.45, 7) is 0.405. The summed E-state index contributed by atoms with van der Waals surface area (Å²) in [7, 11) is 1.24. The Kier molecular flexibility index (Phi) is 5.93. The molecular weight excluding hydrogens is 322 g/mol. The predicted octanol–water partition coefficient (Wildman–Crippen LogP) is 1.47. The fraction of sp³-hybridized carbons (Fsp3) is 0.286. The van der Waals surface area contributed by atoms with Gasteiger partial charge in [0.1, 0.15) is 6.54 Å². The van der Waals surface area contributed by atoms with Gasteiger partial charge >= 0.3 is 6.09 Å². The number of hydrogen-bond acceptors (Lipinski definition) is 5. The maximum atomic E-state index is 11.8. The first-order valence-electron chi connectivity index (χ1n) is 6.83. The monoisotopic (exact) mass is 337 g/mol. The first-order valence-corrected chi connectivity index (χ1v) is 7.21. The Morgan fingerprint density at radius 3 is 2.87 bits per heavy atom. The molecule has 0 radical (unpaired) electrons. The standard InChI is InChI=1S/C14H16ClN5O3/c1-23-14(22)18-12-8-17-20(19-12)9-13(21)16-7-6-10-4-2-3-5-11(10)15/h2-5,8H,6-7,9H2,1H3,(H,16,21)(H,18,19,22). The van der Waals surface area contributed by atoms with Crippen LogP contribution in [0.4, 0.5) is 10.6 Å². The largest absolute Gasteiger partial charge is 0.453 e. The van der Waals surface area contributed by atoms with E-state index in [2.05, 4.69) is 25.6 Å². The number of methoxy groups -OCH3 is 1. The topological polar surface area (TPSA) is 98.1 Å². The molecule has 2 rings (SSSR count). The van der Waals surface area contributed by atoms with Crippen molar-refractivity contribution in [2.45, 2.75) is 13.0 Å². The highest BCUT2D eigenvalue weighted by molar-refractivity contribution is 6.31. The SMILES string of the molecule is COC(=O)Nc1cnn(CC(=O)NCCc2ccccc2Cl)n1. The van der Waals surface area contributed by atoms with E-state index >= 15 is 0 Å². The van der Waals surface area contributed by atoms with Crippen LogP contribution in [-0.4, -0.2) is 40.6 Å². The van der Waals surface area contributed by atoms with E-state index in [4.69, 9.17) is 11.6 Å². The molecule has 0 saturated heterocycles. The van der Waals surface area contributed by atoms with Crippen molar-refractivity contribution in [1.29, 1.82) is 0 Å². The molecule has 1 heterocycles. The normalized spacial score (nSPS) is 10.2. The Morgan fingerprint density at radius 2 is 2.13 bits per heavy atom. The van der Waals surface area contributed by atoms with Gasteiger partial charge in [0.05, 0.1) is 13.3 Å². The van der Waals surface area contributed by atoms with Crippen LogP contribution in [0.2, 0.25) is 5.02 Å². The lowest BCUT2D eigenvalue weighted by Crippen LogP contribution is -2.30. The predicted molar refractivity (Wildman–Crippen MR) is 84.2 cm³/mol. The fourth-order valence-corrected chi connectivity index (χ4v) is 2.04. The fourth-order valence-electron chi connectivity index (χ4n) is 1.81. The molecule has 0 fully saturated rings. The average molecular weight is 338 g/mol. The van der Waals surface area contributed by atoms with Gasteiger partial charge in [-0.05, 0) is 18.1 Å². The molecule has 0 atom stereocenters. The second-order valence-corrected chi connectivity index (χ2v) is 4.98. The molecule has 8 nitrogen and oxygen atoms in total. The first-order chi connectivity index (χ1) is 11.1. The molecule has 1 aromatic carbocycles. The Labute approximate surface area is 137 Å². The van der Waals surface area contributed by atoms with Crippen molar-refractivity contribution in [2.24, 2.45) is 0 Å². The molecule has 122 valence electrons. The summed E-state index contributed by atoms with van der Waals surface area (Å²) in [6.07, 6.45) is 1.31. The second-order valence-electron chi connectivity index (χ2n) is 4.57. The summed E-state index contributed by atoms with van der Waals surface area (Å²) in [6, 6.07) is 7.47. The van der Waals surface area contributed by atoms with Crippen LogP contribution in [0.15, 0.2) is 30.5 Å². The Hall–Kier alpha value is -2.61. The van der Waals surface area contributed by atoms with Crippen LogP contribution >= 0.6 is 11.6 Å². The molecule has 2 N–H and O–H groups in total. The van der Waals surface area contributed by atoms with Crippen molar-refractivity contribution >= 4 is 29.4 Å². The van der Waals surface area contributed by atoms with Crippen LogP contribution in [0.1, 0.15) is 5.56 Å². The summed E-state index contributed by atoms with van der Waals surface area (Å²) in [5.74, 6) is -0.0296. The third-order valence-electron chi connectivity index (χ3n) is 2.91. The van der Waals surface area contributed by atoms with E-state index in [9.17, 15) is 9.59 Å². The number of anilines is 1. The van der Waals surface area contributed by atoms with E-state index in [1.807, 2.05) is 24.3 Å². The van der Waals surface area contributed by atoms with Crippen molar-refractivity contribution in [3.05, 3.63) is 41.0 Å². The van der Waals surface area contributed by atoms with Crippen LogP contribution < -0.4 is 10.6 Å². The maximum Gasteiger partial charge on any atom is 0.412 e. The third-order valence-corrected chi connectivity index (χ3v) is 3.28. The molecule has 0 saturated carbocycles. The molecule has 0 aliphatic rings. The number of carbonyl (C=O) groups is 2. The van der Waals surface area contributed by atoms with Crippen LogP contribution in [0.5, 0.6) is 0 Å². The molecule has 0 aliphatic carbocycles. The number of aromatic nitrogens is 3. The highest BCUT2D eigenvalue weighted by Crippen LogP contribution is 2.14. The van der Waals surface area contributed by atoms with E-state index in [0.717, 1.165) is 5.56 Å². The third kappa shape index (κ3) is 5.26. The molecule has 0 bridgehead atoms. The van der Waals surface area contributed by atoms with E-state index in [1.165, 1.54) is 18.1 Å². The summed E-state index contributed by atoms with van der Waals surface area (Å²) in [5.41, 5.74) is 0.969. The molecular formula is C14H16ClN5O3. The van der Waals surface area contributed by atoms with Gasteiger partial charge in [0.15, 0.2) is 5.82 Å². The van der Waals surface area contributed by atoms with Crippen LogP contribution in [0.3, 0.4) is 0 Å². The zero-order valence-electron chi connectivity index (χ0n) is 12.5. The lowest BCUT2D eigenvalue weighted by Gasteiger charge is -2.06. The number of amides is 2. The van der Waals surface area contributed by atoms with E-state index in [0.29, 0.717) is 18.0 Å². The van der Waals surface area contributed by atoms with Crippen molar-refractivity contribution in [3.63, 3.8) is 0 Å². The van der Waals surface area contributed by atoms with Crippen LogP contribution in [0.25, 0.3) is 0 Å². The lowest BCUT2D eigenvalue weighted by atomic mass is 10.1. The average Bonchev–Trinajstić information content (AvgIpc) is 2.96. The zero-order valence-corrected chi connectivity index (χ0v) is 13.2. The van der Waals surface area contributed by atoms with E-state index in [1.54, 1.807) is 0 Å². The summed E-state index contributed by atoms with van der Waals surface area (Å²) >= 11 is 6.04. The quantitative estimate of drug-likeness (QED) is 0.831. The van der Waals surface area contributed by atoms with Crippen molar-refractivity contribution in [1.82, 2.24) is 20.3 Å². The lowest BCUT2D eigenvalue weighted by molar-refractivity contribution is -0.122. The summed E-state index contributed by atoms with van der Waals surface area (Å²) < 4.78 is 4.43. The maximum absolute atomic E-state index is 11.8. The number of hydrogen-bond donors (Lipinski definition) is 2. The van der Waals surface area contributed by atoms with Crippen molar-refractivity contribution < 1.29 is 14.3 Å². The zero-order chi connectivity index (χ0) is 16.7. The van der Waals surface area contributed by atoms with Gasteiger partial charge < -0.3 is 10.1 Å². The van der Waals surface area contributed by atoms with Gasteiger partial charge in [-0.2, -0.15) is 9.90 Å². The molecule has 0 spiro atoms. The highest BCUT2D eigenvalue weighted by Gasteiger charge is 2.08. The minimum atomic E-state index is -0.652. The number of ether oxygens (including phenoxy) is 1. The highest BCUT2D eigenvalue weighted by atomic mass is 35.5. The minimum absolute atomic E-state index is 0.0502. The minimum Gasteiger partial charge on any atom is -0.453 e. The molecule has 1 aromatic heterocycles. The molecule has 2 aromatic rings. The van der Waals surface area contributed by atoms with Crippen LogP contribution in [-0.2, 0) is 22.5 Å². The second kappa shape index (κ2) is 8.14. The number of benzene rings is 1. The number of nitrogens with one attached hydrogen (secondary N) is 2. The molecule has 9 heteroatoms. The van der Waals surface area contributed by atoms with Crippen molar-refractivity contribution in [2.75, 3.05) is 19.0 Å². The van der Waals surface area contributed by atoms with Crippen molar-refractivity contribution in [3.8, 4) is 0 Å². The summed E-state index contributed by atoms with van der Waals surface area (Å²) in [5, 5.41) is 13.6. The van der Waals surface area contributed by atoms with Gasteiger partial charge in [-0.25, -0.2) is 4.79 Å². The van der Waals surface area contributed by atoms with Crippen LogP contribution in [0, 0.1) is 0 Å². The van der Waals surface area contributed by atoms with Gasteiger partial charge in [0.2, 0.25) is 5.91 Å². The van der Waals surface area contributed by atoms with E-state index < -0.39 is 6.09 Å². The Bertz CT molecular complexity index is 689. The van der Waals surface area contributed by atoms with Gasteiger partial charge in [0.25, 0.3) is 0 Å². The molecule has 0 unspecified atom stereocenters. The molecule has 23 heavy (non-hydrogen) atoms. The van der Waals surface area contributed by atoms with E-state index in [-0.39, 0.29) is 18.3 Å². The molecule has 2 amide bonds. The number of halogens is 1. The molecule has 0 aliphatic heterocycles. The first kappa shape index (κ1) is 16.8.